The van der Waals surface area contributed by atoms with Crippen LogP contribution in [-0.2, 0) is 4.79 Å². The maximum atomic E-state index is 14.0. The number of rotatable bonds is 2. The molecule has 2 aromatic rings. The molecule has 5 heteroatoms. The highest BCUT2D eigenvalue weighted by molar-refractivity contribution is 6.24. The van der Waals surface area contributed by atoms with Crippen LogP contribution in [0.15, 0.2) is 47.5 Å². The van der Waals surface area contributed by atoms with Crippen LogP contribution in [0.3, 0.4) is 0 Å². The SMILES string of the molecule is Cc1cccc(NC2=NCC(=O)N2c2ccccc2F)c1C. The third-order valence-corrected chi connectivity index (χ3v) is 3.77. The van der Waals surface area contributed by atoms with Crippen LogP contribution in [0.1, 0.15) is 11.1 Å². The second-order valence-electron chi connectivity index (χ2n) is 5.19. The summed E-state index contributed by atoms with van der Waals surface area (Å²) in [4.78, 5) is 17.6. The van der Waals surface area contributed by atoms with E-state index >= 15 is 0 Å². The van der Waals surface area contributed by atoms with Crippen molar-refractivity contribution in [3.8, 4) is 0 Å². The Morgan fingerprint density at radius 2 is 1.91 bits per heavy atom. The van der Waals surface area contributed by atoms with Gasteiger partial charge >= 0.3 is 0 Å². The number of nitrogens with one attached hydrogen (secondary N) is 1. The summed E-state index contributed by atoms with van der Waals surface area (Å²) in [6.45, 7) is 4.01. The molecular formula is C17H16FN3O. The van der Waals surface area contributed by atoms with Gasteiger partial charge in [0.1, 0.15) is 12.4 Å². The number of carbonyl (C=O) groups excluding carboxylic acids is 1. The number of para-hydroxylation sites is 1. The highest BCUT2D eigenvalue weighted by Gasteiger charge is 2.29. The zero-order chi connectivity index (χ0) is 15.7. The van der Waals surface area contributed by atoms with Gasteiger partial charge in [0.05, 0.1) is 5.69 Å². The zero-order valence-corrected chi connectivity index (χ0v) is 12.4. The third kappa shape index (κ3) is 2.45. The van der Waals surface area contributed by atoms with Gasteiger partial charge in [0, 0.05) is 5.69 Å². The van der Waals surface area contributed by atoms with E-state index in [4.69, 9.17) is 0 Å². The van der Waals surface area contributed by atoms with E-state index in [1.54, 1.807) is 18.2 Å². The molecule has 0 atom stereocenters. The van der Waals surface area contributed by atoms with Crippen LogP contribution in [0.2, 0.25) is 0 Å². The van der Waals surface area contributed by atoms with Gasteiger partial charge in [-0.2, -0.15) is 0 Å². The standard InChI is InChI=1S/C17H16FN3O/c1-11-6-5-8-14(12(11)2)20-17-19-10-16(22)21(17)15-9-4-3-7-13(15)18/h3-9H,10H2,1-2H3,(H,19,20). The number of benzene rings is 2. The quantitative estimate of drug-likeness (QED) is 0.924. The van der Waals surface area contributed by atoms with Crippen molar-refractivity contribution in [1.29, 1.82) is 0 Å². The molecule has 0 aromatic heterocycles. The summed E-state index contributed by atoms with van der Waals surface area (Å²) in [5, 5.41) is 3.14. The van der Waals surface area contributed by atoms with E-state index in [1.165, 1.54) is 11.0 Å². The molecule has 1 amide bonds. The van der Waals surface area contributed by atoms with Gasteiger partial charge in [0.25, 0.3) is 5.91 Å². The van der Waals surface area contributed by atoms with E-state index in [2.05, 4.69) is 10.3 Å². The molecule has 0 unspecified atom stereocenters. The van der Waals surface area contributed by atoms with Crippen LogP contribution in [0.4, 0.5) is 15.8 Å². The molecule has 1 aliphatic heterocycles. The van der Waals surface area contributed by atoms with E-state index < -0.39 is 5.82 Å². The molecule has 1 heterocycles. The van der Waals surface area contributed by atoms with Crippen LogP contribution in [-0.4, -0.2) is 18.4 Å². The Labute approximate surface area is 128 Å². The van der Waals surface area contributed by atoms with Crippen LogP contribution in [0, 0.1) is 19.7 Å². The Bertz CT molecular complexity index is 770. The molecule has 22 heavy (non-hydrogen) atoms. The average Bonchev–Trinajstić information content (AvgIpc) is 2.85. The fourth-order valence-corrected chi connectivity index (χ4v) is 2.39. The largest absolute Gasteiger partial charge is 0.325 e. The van der Waals surface area contributed by atoms with E-state index in [0.29, 0.717) is 5.96 Å². The summed E-state index contributed by atoms with van der Waals surface area (Å²) in [6, 6.07) is 12.0. The van der Waals surface area contributed by atoms with Crippen LogP contribution < -0.4 is 10.2 Å². The van der Waals surface area contributed by atoms with Gasteiger partial charge in [-0.1, -0.05) is 24.3 Å². The van der Waals surface area contributed by atoms with Crippen LogP contribution in [0.5, 0.6) is 0 Å². The van der Waals surface area contributed by atoms with Crippen molar-refractivity contribution in [2.75, 3.05) is 16.8 Å². The molecule has 4 nitrogen and oxygen atoms in total. The normalized spacial score (nSPS) is 14.2. The highest BCUT2D eigenvalue weighted by Crippen LogP contribution is 2.24. The lowest BCUT2D eigenvalue weighted by atomic mass is 10.1. The Kier molecular flexibility index (Phi) is 3.63. The number of amides is 1. The van der Waals surface area contributed by atoms with Gasteiger partial charge in [0.15, 0.2) is 0 Å². The fourth-order valence-electron chi connectivity index (χ4n) is 2.39. The van der Waals surface area contributed by atoms with Crippen molar-refractivity contribution < 1.29 is 9.18 Å². The summed E-state index contributed by atoms with van der Waals surface area (Å²) < 4.78 is 14.0. The first-order valence-corrected chi connectivity index (χ1v) is 7.03. The van der Waals surface area contributed by atoms with Gasteiger partial charge in [0.2, 0.25) is 5.96 Å². The summed E-state index contributed by atoms with van der Waals surface area (Å²) in [7, 11) is 0. The van der Waals surface area contributed by atoms with Crippen molar-refractivity contribution in [3.05, 3.63) is 59.4 Å². The number of halogens is 1. The molecule has 112 valence electrons. The van der Waals surface area contributed by atoms with Crippen molar-refractivity contribution in [2.45, 2.75) is 13.8 Å². The van der Waals surface area contributed by atoms with Crippen molar-refractivity contribution in [1.82, 2.24) is 0 Å². The molecule has 0 saturated heterocycles. The monoisotopic (exact) mass is 297 g/mol. The number of anilines is 2. The number of hydrogen-bond acceptors (Lipinski definition) is 3. The Hall–Kier alpha value is -2.69. The van der Waals surface area contributed by atoms with E-state index in [1.807, 2.05) is 32.0 Å². The highest BCUT2D eigenvalue weighted by atomic mass is 19.1. The Morgan fingerprint density at radius 3 is 2.68 bits per heavy atom. The maximum absolute atomic E-state index is 14.0. The van der Waals surface area contributed by atoms with Gasteiger partial charge in [-0.25, -0.2) is 14.3 Å². The maximum Gasteiger partial charge on any atom is 0.255 e. The van der Waals surface area contributed by atoms with Gasteiger partial charge in [-0.15, -0.1) is 0 Å². The van der Waals surface area contributed by atoms with Gasteiger partial charge < -0.3 is 5.32 Å². The molecule has 0 saturated carbocycles. The van der Waals surface area contributed by atoms with Gasteiger partial charge in [-0.05, 0) is 43.2 Å². The Balaban J connectivity index is 1.95. The summed E-state index contributed by atoms with van der Waals surface area (Å²) >= 11 is 0. The van der Waals surface area contributed by atoms with E-state index in [-0.39, 0.29) is 18.1 Å². The average molecular weight is 297 g/mol. The third-order valence-electron chi connectivity index (χ3n) is 3.77. The summed E-state index contributed by atoms with van der Waals surface area (Å²) in [6.07, 6.45) is 0. The second kappa shape index (κ2) is 5.60. The number of hydrogen-bond donors (Lipinski definition) is 1. The minimum absolute atomic E-state index is 0.0154. The molecule has 0 bridgehead atoms. The molecule has 0 radical (unpaired) electrons. The fraction of sp³-hybridized carbons (Fsp3) is 0.176. The predicted molar refractivity (Wildman–Crippen MR) is 85.7 cm³/mol. The lowest BCUT2D eigenvalue weighted by molar-refractivity contribution is -0.115. The van der Waals surface area contributed by atoms with Gasteiger partial charge in [-0.3, -0.25) is 4.79 Å². The molecule has 2 aromatic carbocycles. The first kappa shape index (κ1) is 14.3. The summed E-state index contributed by atoms with van der Waals surface area (Å²) in [5.41, 5.74) is 3.27. The molecule has 0 aliphatic carbocycles. The molecule has 1 N–H and O–H groups in total. The number of aryl methyl sites for hydroxylation is 1. The molecular weight excluding hydrogens is 281 g/mol. The minimum atomic E-state index is -0.451. The smallest absolute Gasteiger partial charge is 0.255 e. The van der Waals surface area contributed by atoms with Crippen LogP contribution in [0.25, 0.3) is 0 Å². The van der Waals surface area contributed by atoms with E-state index in [9.17, 15) is 9.18 Å². The Morgan fingerprint density at radius 1 is 1.14 bits per heavy atom. The molecule has 0 spiro atoms. The molecule has 3 rings (SSSR count). The van der Waals surface area contributed by atoms with Crippen molar-refractivity contribution in [3.63, 3.8) is 0 Å². The molecule has 0 fully saturated rings. The first-order chi connectivity index (χ1) is 10.6. The predicted octanol–water partition coefficient (Wildman–Crippen LogP) is 3.26. The number of guanidine groups is 1. The first-order valence-electron chi connectivity index (χ1n) is 7.03. The minimum Gasteiger partial charge on any atom is -0.325 e. The summed E-state index contributed by atoms with van der Waals surface area (Å²) in [5.74, 6) is -0.352. The zero-order valence-electron chi connectivity index (χ0n) is 12.4. The topological polar surface area (TPSA) is 44.7 Å². The van der Waals surface area contributed by atoms with E-state index in [0.717, 1.165) is 16.8 Å². The van der Waals surface area contributed by atoms with Crippen LogP contribution >= 0.6 is 0 Å². The number of nitrogens with zero attached hydrogens (tertiary/aromatic N) is 2. The lowest BCUT2D eigenvalue weighted by Crippen LogP contribution is -2.37. The molecule has 1 aliphatic rings. The van der Waals surface area contributed by atoms with Crippen molar-refractivity contribution in [2.24, 2.45) is 4.99 Å². The van der Waals surface area contributed by atoms with Crippen molar-refractivity contribution >= 4 is 23.2 Å². The number of aliphatic imine (C=N–C) groups is 1. The number of carbonyl (C=O) groups is 1. The lowest BCUT2D eigenvalue weighted by Gasteiger charge is -2.21. The second-order valence-corrected chi connectivity index (χ2v) is 5.19.